The summed E-state index contributed by atoms with van der Waals surface area (Å²) < 4.78 is 2.56. The predicted octanol–water partition coefficient (Wildman–Crippen LogP) is 6.98. The Kier molecular flexibility index (Phi) is 6.55. The first-order valence-corrected chi connectivity index (χ1v) is 15.5. The summed E-state index contributed by atoms with van der Waals surface area (Å²) in [5.74, 6) is 5.71. The van der Waals surface area contributed by atoms with Crippen LogP contribution in [0.2, 0.25) is 8.43 Å². The zero-order valence-corrected chi connectivity index (χ0v) is 21.6. The molecule has 4 saturated carbocycles. The van der Waals surface area contributed by atoms with Crippen molar-refractivity contribution in [3.63, 3.8) is 0 Å². The van der Waals surface area contributed by atoms with Gasteiger partial charge >= 0.3 is 181 Å². The van der Waals surface area contributed by atoms with E-state index in [1.807, 2.05) is 0 Å². The molecule has 4 aliphatic rings. The molecule has 0 radical (unpaired) electrons. The third-order valence-electron chi connectivity index (χ3n) is 10.4. The van der Waals surface area contributed by atoms with Crippen LogP contribution in [-0.4, -0.2) is 32.1 Å². The van der Waals surface area contributed by atoms with E-state index in [0.717, 1.165) is 52.3 Å². The van der Waals surface area contributed by atoms with Crippen LogP contribution in [0.3, 0.4) is 0 Å². The molecule has 4 fully saturated rings. The van der Waals surface area contributed by atoms with Gasteiger partial charge in [0.05, 0.1) is 0 Å². The Morgan fingerprint density at radius 2 is 1.61 bits per heavy atom. The molecule has 1 N–H and O–H groups in total. The van der Waals surface area contributed by atoms with Gasteiger partial charge in [-0.1, -0.05) is 0 Å². The van der Waals surface area contributed by atoms with Gasteiger partial charge in [-0.15, -0.1) is 0 Å². The van der Waals surface area contributed by atoms with E-state index in [1.54, 1.807) is 4.47 Å². The number of rotatable bonds is 5. The van der Waals surface area contributed by atoms with E-state index < -0.39 is 0 Å². The summed E-state index contributed by atoms with van der Waals surface area (Å²) in [5, 5.41) is 10.3. The van der Waals surface area contributed by atoms with Crippen LogP contribution in [0.25, 0.3) is 0 Å². The van der Waals surface area contributed by atoms with Gasteiger partial charge in [0.1, 0.15) is 0 Å². The molecule has 9 atom stereocenters. The molecule has 0 heterocycles. The van der Waals surface area contributed by atoms with E-state index >= 15 is 0 Å². The average molecular weight is 502 g/mol. The Balaban J connectivity index is 1.46. The van der Waals surface area contributed by atoms with Gasteiger partial charge in [0.15, 0.2) is 0 Å². The number of hydrogen-bond acceptors (Lipinski definition) is 1. The summed E-state index contributed by atoms with van der Waals surface area (Å²) in [7, 11) is 0. The van der Waals surface area contributed by atoms with E-state index in [9.17, 15) is 5.11 Å². The van der Waals surface area contributed by atoms with Crippen molar-refractivity contribution in [1.29, 1.82) is 0 Å². The molecule has 0 saturated heterocycles. The normalized spacial score (nSPS) is 49.4. The van der Waals surface area contributed by atoms with Gasteiger partial charge < -0.3 is 5.11 Å². The number of aliphatic hydroxyl groups excluding tert-OH is 1. The van der Waals surface area contributed by atoms with Crippen molar-refractivity contribution in [3.8, 4) is 0 Å². The first-order chi connectivity index (χ1) is 13.3. The molecular weight excluding hydrogens is 456 g/mol. The quantitative estimate of drug-likeness (QED) is 0.402. The molecule has 162 valence electrons. The number of aliphatic hydroxyl groups is 1. The summed E-state index contributed by atoms with van der Waals surface area (Å²) in [6.07, 6.45) is 13.9. The van der Waals surface area contributed by atoms with Crippen LogP contribution >= 0.6 is 0 Å². The molecule has 0 aromatic carbocycles. The van der Waals surface area contributed by atoms with Gasteiger partial charge in [0, 0.05) is 0 Å². The Hall–Kier alpha value is 0.750. The SMILES string of the molecule is CC(C)[Te]CC[C@@H](C)[C@H]1CC[C@H]2[C@@H]3CCC4C[C@@H](O)CC[C@]4(C)[C@H]3CC[C@]12C. The molecule has 4 aliphatic carbocycles. The van der Waals surface area contributed by atoms with Crippen LogP contribution in [0.5, 0.6) is 0 Å². The summed E-state index contributed by atoms with van der Waals surface area (Å²) in [4.78, 5) is 0. The van der Waals surface area contributed by atoms with Gasteiger partial charge in [-0.3, -0.25) is 0 Å². The topological polar surface area (TPSA) is 20.2 Å². The van der Waals surface area contributed by atoms with Crippen molar-refractivity contribution in [1.82, 2.24) is 0 Å². The molecule has 4 rings (SSSR count). The van der Waals surface area contributed by atoms with Gasteiger partial charge in [0.2, 0.25) is 0 Å². The van der Waals surface area contributed by atoms with Crippen molar-refractivity contribution in [3.05, 3.63) is 0 Å². The number of fused-ring (bicyclic) bond motifs is 5. The van der Waals surface area contributed by atoms with Crippen molar-refractivity contribution in [2.24, 2.45) is 46.3 Å². The third kappa shape index (κ3) is 3.75. The van der Waals surface area contributed by atoms with Gasteiger partial charge in [-0.05, 0) is 0 Å². The Morgan fingerprint density at radius 1 is 0.893 bits per heavy atom. The van der Waals surface area contributed by atoms with Gasteiger partial charge in [-0.2, -0.15) is 0 Å². The van der Waals surface area contributed by atoms with E-state index in [2.05, 4.69) is 34.6 Å². The van der Waals surface area contributed by atoms with Gasteiger partial charge in [0.25, 0.3) is 0 Å². The average Bonchev–Trinajstić information content (AvgIpc) is 2.99. The van der Waals surface area contributed by atoms with Crippen molar-refractivity contribution >= 4 is 20.9 Å². The van der Waals surface area contributed by atoms with Gasteiger partial charge in [-0.25, -0.2) is 0 Å². The summed E-state index contributed by atoms with van der Waals surface area (Å²) in [6, 6.07) is 0. The van der Waals surface area contributed by atoms with E-state index in [0.29, 0.717) is 10.8 Å². The Morgan fingerprint density at radius 3 is 2.36 bits per heavy atom. The standard InChI is InChI=1S/C26H46OTe/c1-17(2)28-15-12-18(3)22-8-9-23-21-7-6-19-16-20(27)10-13-25(19,4)24(21)11-14-26(22,23)5/h17-24,27H,6-16H2,1-5H3/t18-,19?,20+,21+,22-,23+,24+,25+,26-/m1/s1. The minimum absolute atomic E-state index is 0.00523. The fourth-order valence-corrected chi connectivity index (χ4v) is 11.7. The van der Waals surface area contributed by atoms with Crippen LogP contribution in [0.1, 0.15) is 98.8 Å². The zero-order valence-electron chi connectivity index (χ0n) is 19.3. The third-order valence-corrected chi connectivity index (χ3v) is 13.7. The molecule has 0 aromatic rings. The van der Waals surface area contributed by atoms with Crippen molar-refractivity contribution < 1.29 is 5.11 Å². The van der Waals surface area contributed by atoms with Crippen LogP contribution in [0.4, 0.5) is 0 Å². The Bertz CT molecular complexity index is 547. The first-order valence-electron chi connectivity index (χ1n) is 12.6. The molecule has 1 nitrogen and oxygen atoms in total. The van der Waals surface area contributed by atoms with Crippen LogP contribution in [0.15, 0.2) is 0 Å². The van der Waals surface area contributed by atoms with Crippen LogP contribution in [-0.2, 0) is 0 Å². The monoisotopic (exact) mass is 504 g/mol. The van der Waals surface area contributed by atoms with Crippen molar-refractivity contribution in [2.45, 2.75) is 113 Å². The number of hydrogen-bond donors (Lipinski definition) is 1. The van der Waals surface area contributed by atoms with E-state index in [4.69, 9.17) is 0 Å². The summed E-state index contributed by atoms with van der Waals surface area (Å²) in [5.41, 5.74) is 1.17. The second kappa shape index (κ2) is 8.36. The maximum absolute atomic E-state index is 10.3. The molecule has 0 aliphatic heterocycles. The Labute approximate surface area is 185 Å². The fraction of sp³-hybridized carbons (Fsp3) is 1.00. The first kappa shape index (κ1) is 22.0. The van der Waals surface area contributed by atoms with Crippen molar-refractivity contribution in [2.75, 3.05) is 0 Å². The predicted molar refractivity (Wildman–Crippen MR) is 121 cm³/mol. The molecule has 2 heteroatoms. The second-order valence-corrected chi connectivity index (χ2v) is 16.8. The van der Waals surface area contributed by atoms with E-state index in [-0.39, 0.29) is 27.0 Å². The molecule has 0 spiro atoms. The summed E-state index contributed by atoms with van der Waals surface area (Å²) >= 11 is 0.246. The molecule has 0 bridgehead atoms. The molecule has 0 aromatic heterocycles. The summed E-state index contributed by atoms with van der Waals surface area (Å²) in [6.45, 7) is 12.8. The molecule has 1 unspecified atom stereocenters. The molecule has 0 amide bonds. The second-order valence-electron chi connectivity index (χ2n) is 12.0. The fourth-order valence-electron chi connectivity index (χ4n) is 8.90. The molecule has 28 heavy (non-hydrogen) atoms. The minimum atomic E-state index is -0.00523. The maximum atomic E-state index is 10.3. The van der Waals surface area contributed by atoms with Crippen LogP contribution < -0.4 is 0 Å². The van der Waals surface area contributed by atoms with E-state index in [1.165, 1.54) is 51.4 Å². The zero-order chi connectivity index (χ0) is 20.1. The molecular formula is C26H46OTe. The van der Waals surface area contributed by atoms with Crippen LogP contribution in [0, 0.1) is 46.3 Å².